The van der Waals surface area contributed by atoms with Crippen LogP contribution in [0.15, 0.2) is 18.2 Å². The van der Waals surface area contributed by atoms with Crippen LogP contribution in [0.2, 0.25) is 0 Å². The third-order valence-corrected chi connectivity index (χ3v) is 2.62. The van der Waals surface area contributed by atoms with E-state index in [4.69, 9.17) is 9.84 Å². The van der Waals surface area contributed by atoms with Gasteiger partial charge in [0.25, 0.3) is 0 Å². The minimum absolute atomic E-state index is 0.209. The number of aromatic carboxylic acids is 1. The second-order valence-corrected chi connectivity index (χ2v) is 6.40. The van der Waals surface area contributed by atoms with E-state index in [1.54, 1.807) is 32.9 Å². The van der Waals surface area contributed by atoms with Crippen molar-refractivity contribution < 1.29 is 19.4 Å². The second kappa shape index (κ2) is 6.61. The Labute approximate surface area is 125 Å². The molecule has 0 saturated heterocycles. The topological polar surface area (TPSA) is 75.6 Å². The summed E-state index contributed by atoms with van der Waals surface area (Å²) in [7, 11) is 0. The lowest BCUT2D eigenvalue weighted by Gasteiger charge is -2.21. The molecule has 2 N–H and O–H groups in total. The number of anilines is 1. The van der Waals surface area contributed by atoms with E-state index >= 15 is 0 Å². The van der Waals surface area contributed by atoms with Gasteiger partial charge in [0.1, 0.15) is 5.60 Å². The maximum absolute atomic E-state index is 11.8. The lowest BCUT2D eigenvalue weighted by molar-refractivity contribution is 0.0634. The third kappa shape index (κ3) is 5.85. The summed E-state index contributed by atoms with van der Waals surface area (Å²) < 4.78 is 5.21. The average Bonchev–Trinajstić information content (AvgIpc) is 2.27. The highest BCUT2D eigenvalue weighted by molar-refractivity contribution is 5.91. The first-order chi connectivity index (χ1) is 9.58. The zero-order chi connectivity index (χ0) is 16.2. The summed E-state index contributed by atoms with van der Waals surface area (Å²) in [5.41, 5.74) is 1.00. The molecule has 5 heteroatoms. The Morgan fingerprint density at radius 1 is 1.29 bits per heavy atom. The summed E-state index contributed by atoms with van der Waals surface area (Å²) in [6.07, 6.45) is 0.127. The standard InChI is InChI=1S/C16H23NO4/c1-10(2)8-12-9-11(14(18)19)6-7-13(12)17-15(20)21-16(3,4)5/h6-7,9-10H,8H2,1-5H3,(H,17,20)(H,18,19). The lowest BCUT2D eigenvalue weighted by atomic mass is 9.99. The number of ether oxygens (including phenoxy) is 1. The summed E-state index contributed by atoms with van der Waals surface area (Å²) in [4.78, 5) is 22.9. The van der Waals surface area contributed by atoms with E-state index in [2.05, 4.69) is 5.32 Å². The van der Waals surface area contributed by atoms with Crippen molar-refractivity contribution in [2.45, 2.75) is 46.6 Å². The van der Waals surface area contributed by atoms with E-state index in [0.29, 0.717) is 18.0 Å². The highest BCUT2D eigenvalue weighted by atomic mass is 16.6. The summed E-state index contributed by atoms with van der Waals surface area (Å²) >= 11 is 0. The molecule has 1 rings (SSSR count). The molecule has 116 valence electrons. The molecule has 0 fully saturated rings. The van der Waals surface area contributed by atoms with Gasteiger partial charge in [-0.3, -0.25) is 5.32 Å². The predicted molar refractivity (Wildman–Crippen MR) is 81.8 cm³/mol. The van der Waals surface area contributed by atoms with Crippen LogP contribution in [0.25, 0.3) is 0 Å². The van der Waals surface area contributed by atoms with Gasteiger partial charge < -0.3 is 9.84 Å². The highest BCUT2D eigenvalue weighted by Crippen LogP contribution is 2.22. The number of benzene rings is 1. The first-order valence-electron chi connectivity index (χ1n) is 6.94. The van der Waals surface area contributed by atoms with Gasteiger partial charge in [-0.25, -0.2) is 9.59 Å². The quantitative estimate of drug-likeness (QED) is 0.882. The monoisotopic (exact) mass is 293 g/mol. The van der Waals surface area contributed by atoms with Crippen molar-refractivity contribution in [3.63, 3.8) is 0 Å². The third-order valence-electron chi connectivity index (χ3n) is 2.62. The lowest BCUT2D eigenvalue weighted by Crippen LogP contribution is -2.27. The van der Waals surface area contributed by atoms with Crippen LogP contribution in [0.4, 0.5) is 10.5 Å². The van der Waals surface area contributed by atoms with Gasteiger partial charge in [0.05, 0.1) is 5.56 Å². The molecule has 1 amide bonds. The van der Waals surface area contributed by atoms with Crippen LogP contribution >= 0.6 is 0 Å². The van der Waals surface area contributed by atoms with Gasteiger partial charge in [-0.2, -0.15) is 0 Å². The molecule has 0 aromatic heterocycles. The fraction of sp³-hybridized carbons (Fsp3) is 0.500. The maximum atomic E-state index is 11.8. The van der Waals surface area contributed by atoms with Gasteiger partial charge in [-0.15, -0.1) is 0 Å². The maximum Gasteiger partial charge on any atom is 0.412 e. The highest BCUT2D eigenvalue weighted by Gasteiger charge is 2.18. The van der Waals surface area contributed by atoms with Gasteiger partial charge in [-0.1, -0.05) is 13.8 Å². The van der Waals surface area contributed by atoms with E-state index in [9.17, 15) is 9.59 Å². The van der Waals surface area contributed by atoms with Crippen LogP contribution in [0, 0.1) is 5.92 Å². The van der Waals surface area contributed by atoms with Crippen LogP contribution in [0.3, 0.4) is 0 Å². The first kappa shape index (κ1) is 17.0. The molecule has 0 radical (unpaired) electrons. The second-order valence-electron chi connectivity index (χ2n) is 6.40. The summed E-state index contributed by atoms with van der Waals surface area (Å²) in [5.74, 6) is -0.642. The molecule has 0 aliphatic carbocycles. The number of rotatable bonds is 4. The number of carbonyl (C=O) groups excluding carboxylic acids is 1. The van der Waals surface area contributed by atoms with Crippen molar-refractivity contribution in [1.82, 2.24) is 0 Å². The number of hydrogen-bond acceptors (Lipinski definition) is 3. The van der Waals surface area contributed by atoms with Crippen molar-refractivity contribution >= 4 is 17.7 Å². The molecular weight excluding hydrogens is 270 g/mol. The molecule has 0 unspecified atom stereocenters. The molecule has 5 nitrogen and oxygen atoms in total. The minimum Gasteiger partial charge on any atom is -0.478 e. The van der Waals surface area contributed by atoms with Crippen molar-refractivity contribution in [2.24, 2.45) is 5.92 Å². The summed E-state index contributed by atoms with van der Waals surface area (Å²) in [6, 6.07) is 4.67. The molecule has 0 saturated carbocycles. The number of hydrogen-bond donors (Lipinski definition) is 2. The van der Waals surface area contributed by atoms with Gasteiger partial charge in [0.2, 0.25) is 0 Å². The Kier molecular flexibility index (Phi) is 5.35. The number of carboxylic acids is 1. The smallest absolute Gasteiger partial charge is 0.412 e. The molecule has 0 heterocycles. The molecule has 0 spiro atoms. The van der Waals surface area contributed by atoms with Crippen LogP contribution in [0.5, 0.6) is 0 Å². The molecule has 1 aromatic carbocycles. The number of carboxylic acid groups (broad SMARTS) is 1. The Hall–Kier alpha value is -2.04. The Morgan fingerprint density at radius 2 is 1.90 bits per heavy atom. The van der Waals surface area contributed by atoms with Gasteiger partial charge >= 0.3 is 12.1 Å². The summed E-state index contributed by atoms with van der Waals surface area (Å²) in [6.45, 7) is 9.43. The van der Waals surface area contributed by atoms with Crippen molar-refractivity contribution in [3.8, 4) is 0 Å². The average molecular weight is 293 g/mol. The largest absolute Gasteiger partial charge is 0.478 e. The molecular formula is C16H23NO4. The molecule has 0 aliphatic heterocycles. The van der Waals surface area contributed by atoms with Crippen LogP contribution < -0.4 is 5.32 Å². The van der Waals surface area contributed by atoms with Crippen molar-refractivity contribution in [3.05, 3.63) is 29.3 Å². The first-order valence-corrected chi connectivity index (χ1v) is 6.94. The van der Waals surface area contributed by atoms with E-state index in [-0.39, 0.29) is 5.56 Å². The fourth-order valence-corrected chi connectivity index (χ4v) is 1.87. The number of amides is 1. The number of carbonyl (C=O) groups is 2. The van der Waals surface area contributed by atoms with E-state index < -0.39 is 17.7 Å². The van der Waals surface area contributed by atoms with Gasteiger partial charge in [0, 0.05) is 5.69 Å². The molecule has 0 atom stereocenters. The summed E-state index contributed by atoms with van der Waals surface area (Å²) in [5, 5.41) is 11.7. The Balaban J connectivity index is 2.99. The van der Waals surface area contributed by atoms with Crippen LogP contribution in [-0.4, -0.2) is 22.8 Å². The Morgan fingerprint density at radius 3 is 2.38 bits per heavy atom. The van der Waals surface area contributed by atoms with Crippen molar-refractivity contribution in [1.29, 1.82) is 0 Å². The van der Waals surface area contributed by atoms with Gasteiger partial charge in [0.15, 0.2) is 0 Å². The zero-order valence-corrected chi connectivity index (χ0v) is 13.2. The number of nitrogens with one attached hydrogen (secondary N) is 1. The molecule has 21 heavy (non-hydrogen) atoms. The minimum atomic E-state index is -0.983. The predicted octanol–water partition coefficient (Wildman–Crippen LogP) is 3.93. The molecule has 0 bridgehead atoms. The fourth-order valence-electron chi connectivity index (χ4n) is 1.87. The van der Waals surface area contributed by atoms with Crippen LogP contribution in [0.1, 0.15) is 50.5 Å². The van der Waals surface area contributed by atoms with Crippen molar-refractivity contribution in [2.75, 3.05) is 5.32 Å². The molecule has 0 aliphatic rings. The van der Waals surface area contributed by atoms with Gasteiger partial charge in [-0.05, 0) is 56.9 Å². The van der Waals surface area contributed by atoms with Crippen LogP contribution in [-0.2, 0) is 11.2 Å². The zero-order valence-electron chi connectivity index (χ0n) is 13.2. The van der Waals surface area contributed by atoms with E-state index in [1.807, 2.05) is 13.8 Å². The van der Waals surface area contributed by atoms with E-state index in [1.165, 1.54) is 6.07 Å². The Bertz CT molecular complexity index is 530. The normalized spacial score (nSPS) is 11.3. The van der Waals surface area contributed by atoms with E-state index in [0.717, 1.165) is 5.56 Å². The molecule has 1 aromatic rings. The SMILES string of the molecule is CC(C)Cc1cc(C(=O)O)ccc1NC(=O)OC(C)(C)C.